The van der Waals surface area contributed by atoms with Crippen LogP contribution in [0.3, 0.4) is 0 Å². The van der Waals surface area contributed by atoms with Gasteiger partial charge in [0.1, 0.15) is 0 Å². The molecular formula is C22H20ClN3O3. The van der Waals surface area contributed by atoms with Crippen molar-refractivity contribution in [1.82, 2.24) is 14.7 Å². The van der Waals surface area contributed by atoms with Crippen LogP contribution in [0.2, 0.25) is 5.02 Å². The molecule has 2 heterocycles. The monoisotopic (exact) mass is 409 g/mol. The zero-order valence-electron chi connectivity index (χ0n) is 15.9. The predicted octanol–water partition coefficient (Wildman–Crippen LogP) is 3.08. The first-order valence-electron chi connectivity index (χ1n) is 9.38. The maximum atomic E-state index is 12.2. The average molecular weight is 410 g/mol. The molecule has 0 saturated carbocycles. The van der Waals surface area contributed by atoms with Crippen LogP contribution < -0.4 is 10.9 Å². The summed E-state index contributed by atoms with van der Waals surface area (Å²) in [6, 6.07) is 15.0. The van der Waals surface area contributed by atoms with E-state index in [0.717, 1.165) is 22.3 Å². The highest BCUT2D eigenvalue weighted by Gasteiger charge is 2.30. The predicted molar refractivity (Wildman–Crippen MR) is 111 cm³/mol. The molecule has 6 nitrogen and oxygen atoms in total. The van der Waals surface area contributed by atoms with Crippen LogP contribution in [0.15, 0.2) is 59.5 Å². The molecule has 2 aromatic carbocycles. The van der Waals surface area contributed by atoms with Gasteiger partial charge in [-0.15, -0.1) is 0 Å². The Morgan fingerprint density at radius 2 is 1.83 bits per heavy atom. The van der Waals surface area contributed by atoms with Crippen LogP contribution in [0.5, 0.6) is 0 Å². The van der Waals surface area contributed by atoms with E-state index in [1.54, 1.807) is 15.6 Å². The molecule has 0 aliphatic carbocycles. The van der Waals surface area contributed by atoms with Crippen LogP contribution in [0, 0.1) is 0 Å². The van der Waals surface area contributed by atoms with Gasteiger partial charge < -0.3 is 0 Å². The number of aryl methyl sites for hydroxylation is 1. The SMILES string of the molecule is Cn1ccc(=O)n1Cc1ccc(-c2cccc(C3CCC(=O)NC3=O)c2Cl)cc1. The van der Waals surface area contributed by atoms with Crippen LogP contribution >= 0.6 is 11.6 Å². The number of nitrogens with one attached hydrogen (secondary N) is 1. The largest absolute Gasteiger partial charge is 0.296 e. The van der Waals surface area contributed by atoms with Crippen molar-refractivity contribution in [3.05, 3.63) is 81.2 Å². The smallest absolute Gasteiger partial charge is 0.266 e. The quantitative estimate of drug-likeness (QED) is 0.673. The summed E-state index contributed by atoms with van der Waals surface area (Å²) in [6.45, 7) is 0.479. The Labute approximate surface area is 172 Å². The van der Waals surface area contributed by atoms with Crippen molar-refractivity contribution in [3.63, 3.8) is 0 Å². The Morgan fingerprint density at radius 1 is 1.07 bits per heavy atom. The molecule has 0 radical (unpaired) electrons. The van der Waals surface area contributed by atoms with Crippen molar-refractivity contribution >= 4 is 23.4 Å². The number of aromatic nitrogens is 2. The van der Waals surface area contributed by atoms with Crippen molar-refractivity contribution in [2.24, 2.45) is 7.05 Å². The Bertz CT molecular complexity index is 1140. The number of imide groups is 1. The summed E-state index contributed by atoms with van der Waals surface area (Å²) in [7, 11) is 1.83. The average Bonchev–Trinajstić information content (AvgIpc) is 3.01. The molecule has 29 heavy (non-hydrogen) atoms. The highest BCUT2D eigenvalue weighted by Crippen LogP contribution is 2.37. The highest BCUT2D eigenvalue weighted by atomic mass is 35.5. The third-order valence-electron chi connectivity index (χ3n) is 5.31. The van der Waals surface area contributed by atoms with E-state index >= 15 is 0 Å². The minimum Gasteiger partial charge on any atom is -0.296 e. The fourth-order valence-corrected chi connectivity index (χ4v) is 4.04. The number of hydrogen-bond acceptors (Lipinski definition) is 3. The van der Waals surface area contributed by atoms with Crippen molar-refractivity contribution in [3.8, 4) is 11.1 Å². The molecule has 1 fully saturated rings. The van der Waals surface area contributed by atoms with E-state index in [0.29, 0.717) is 24.4 Å². The minimum atomic E-state index is -0.427. The van der Waals surface area contributed by atoms with Gasteiger partial charge in [-0.25, -0.2) is 4.68 Å². The van der Waals surface area contributed by atoms with E-state index in [-0.39, 0.29) is 17.4 Å². The first kappa shape index (κ1) is 19.2. The zero-order valence-corrected chi connectivity index (χ0v) is 16.6. The standard InChI is InChI=1S/C22H20ClN3O3/c1-25-12-11-20(28)26(25)13-14-5-7-15(8-6-14)16-3-2-4-17(21(16)23)18-9-10-19(27)24-22(18)29/h2-8,11-12,18H,9-10,13H2,1H3,(H,24,27,29). The number of rotatable bonds is 4. The molecular weight excluding hydrogens is 390 g/mol. The van der Waals surface area contributed by atoms with Gasteiger partial charge in [0.25, 0.3) is 5.56 Å². The summed E-state index contributed by atoms with van der Waals surface area (Å²) in [5.41, 5.74) is 3.43. The van der Waals surface area contributed by atoms with E-state index in [4.69, 9.17) is 11.6 Å². The molecule has 0 bridgehead atoms. The number of hydrogen-bond donors (Lipinski definition) is 1. The Kier molecular flexibility index (Phi) is 5.11. The number of amides is 2. The Morgan fingerprint density at radius 3 is 2.48 bits per heavy atom. The Hall–Kier alpha value is -3.12. The fourth-order valence-electron chi connectivity index (χ4n) is 3.68. The molecule has 1 unspecified atom stereocenters. The summed E-state index contributed by atoms with van der Waals surface area (Å²) >= 11 is 6.66. The lowest BCUT2D eigenvalue weighted by atomic mass is 9.88. The summed E-state index contributed by atoms with van der Waals surface area (Å²) in [5.74, 6) is -0.973. The number of nitrogens with zero attached hydrogens (tertiary/aromatic N) is 2. The summed E-state index contributed by atoms with van der Waals surface area (Å²) in [5, 5.41) is 2.91. The Balaban J connectivity index is 1.61. The molecule has 148 valence electrons. The number of piperidine rings is 1. The van der Waals surface area contributed by atoms with Crippen LogP contribution in [-0.4, -0.2) is 21.2 Å². The van der Waals surface area contributed by atoms with Gasteiger partial charge in [-0.2, -0.15) is 0 Å². The van der Waals surface area contributed by atoms with Crippen molar-refractivity contribution in [2.45, 2.75) is 25.3 Å². The van der Waals surface area contributed by atoms with Gasteiger partial charge in [0.05, 0.1) is 17.5 Å². The third kappa shape index (κ3) is 3.76. The van der Waals surface area contributed by atoms with Crippen molar-refractivity contribution < 1.29 is 9.59 Å². The fraction of sp³-hybridized carbons (Fsp3) is 0.227. The lowest BCUT2D eigenvalue weighted by Gasteiger charge is -2.23. The van der Waals surface area contributed by atoms with Gasteiger partial charge in [0.2, 0.25) is 11.8 Å². The number of benzene rings is 2. The molecule has 1 aromatic heterocycles. The van der Waals surface area contributed by atoms with E-state index < -0.39 is 5.92 Å². The first-order chi connectivity index (χ1) is 13.9. The van der Waals surface area contributed by atoms with Crippen LogP contribution in [0.4, 0.5) is 0 Å². The third-order valence-corrected chi connectivity index (χ3v) is 5.73. The summed E-state index contributed by atoms with van der Waals surface area (Å²) < 4.78 is 3.40. The molecule has 1 aliphatic rings. The highest BCUT2D eigenvalue weighted by molar-refractivity contribution is 6.34. The van der Waals surface area contributed by atoms with Gasteiger partial charge in [-0.1, -0.05) is 54.1 Å². The molecule has 7 heteroatoms. The number of carbonyl (C=O) groups excluding carboxylic acids is 2. The van der Waals surface area contributed by atoms with E-state index in [1.165, 1.54) is 6.07 Å². The molecule has 1 saturated heterocycles. The second-order valence-corrected chi connectivity index (χ2v) is 7.57. The van der Waals surface area contributed by atoms with Crippen LogP contribution in [0.1, 0.15) is 29.9 Å². The molecule has 0 spiro atoms. The number of halogens is 1. The van der Waals surface area contributed by atoms with Gasteiger partial charge >= 0.3 is 0 Å². The van der Waals surface area contributed by atoms with Gasteiger partial charge in [-0.05, 0) is 23.1 Å². The number of carbonyl (C=O) groups is 2. The maximum absolute atomic E-state index is 12.2. The second kappa shape index (κ2) is 7.72. The van der Waals surface area contributed by atoms with Crippen LogP contribution in [0.25, 0.3) is 11.1 Å². The molecule has 1 atom stereocenters. The lowest BCUT2D eigenvalue weighted by molar-refractivity contribution is -0.134. The second-order valence-electron chi connectivity index (χ2n) is 7.19. The van der Waals surface area contributed by atoms with Crippen molar-refractivity contribution in [1.29, 1.82) is 0 Å². The van der Waals surface area contributed by atoms with Gasteiger partial charge in [-0.3, -0.25) is 24.4 Å². The van der Waals surface area contributed by atoms with Gasteiger partial charge in [0.15, 0.2) is 0 Å². The van der Waals surface area contributed by atoms with E-state index in [2.05, 4.69) is 5.32 Å². The molecule has 3 aromatic rings. The maximum Gasteiger partial charge on any atom is 0.266 e. The molecule has 2 amide bonds. The van der Waals surface area contributed by atoms with Crippen LogP contribution in [-0.2, 0) is 23.2 Å². The summed E-state index contributed by atoms with van der Waals surface area (Å²) in [4.78, 5) is 35.5. The first-order valence-corrected chi connectivity index (χ1v) is 9.75. The van der Waals surface area contributed by atoms with Gasteiger partial charge in [0, 0.05) is 31.3 Å². The van der Waals surface area contributed by atoms with E-state index in [1.807, 2.05) is 49.5 Å². The molecule has 1 aliphatic heterocycles. The summed E-state index contributed by atoms with van der Waals surface area (Å²) in [6.07, 6.45) is 2.50. The lowest BCUT2D eigenvalue weighted by Crippen LogP contribution is -2.39. The minimum absolute atomic E-state index is 0.0448. The van der Waals surface area contributed by atoms with E-state index in [9.17, 15) is 14.4 Å². The van der Waals surface area contributed by atoms with Crippen molar-refractivity contribution in [2.75, 3.05) is 0 Å². The molecule has 1 N–H and O–H groups in total. The molecule has 4 rings (SSSR count). The normalized spacial score (nSPS) is 16.7. The topological polar surface area (TPSA) is 73.1 Å². The zero-order chi connectivity index (χ0) is 20.5.